The van der Waals surface area contributed by atoms with Crippen molar-refractivity contribution in [3.63, 3.8) is 0 Å². The number of aromatic nitrogens is 2. The lowest BCUT2D eigenvalue weighted by Crippen LogP contribution is -2.21. The van der Waals surface area contributed by atoms with Gasteiger partial charge in [-0.25, -0.2) is 14.6 Å². The minimum Gasteiger partial charge on any atom is -0.488 e. The van der Waals surface area contributed by atoms with Gasteiger partial charge in [-0.1, -0.05) is 30.3 Å². The number of carboxylic acid groups (broad SMARTS) is 1. The Balaban J connectivity index is 1.44. The zero-order valence-electron chi connectivity index (χ0n) is 19.4. The van der Waals surface area contributed by atoms with Crippen LogP contribution < -0.4 is 10.3 Å². The Morgan fingerprint density at radius 3 is 2.56 bits per heavy atom. The van der Waals surface area contributed by atoms with Crippen LogP contribution in [0.15, 0.2) is 71.5 Å². The summed E-state index contributed by atoms with van der Waals surface area (Å²) in [6.07, 6.45) is 2.57. The van der Waals surface area contributed by atoms with E-state index in [2.05, 4.69) is 4.98 Å². The summed E-state index contributed by atoms with van der Waals surface area (Å²) in [4.78, 5) is 40.7. The van der Waals surface area contributed by atoms with E-state index >= 15 is 0 Å². The summed E-state index contributed by atoms with van der Waals surface area (Å²) in [6, 6.07) is 18.9. The second-order valence-corrected chi connectivity index (χ2v) is 8.36. The molecule has 0 atom stereocenters. The van der Waals surface area contributed by atoms with E-state index in [4.69, 9.17) is 9.47 Å². The van der Waals surface area contributed by atoms with Gasteiger partial charge < -0.3 is 14.6 Å². The molecular formula is C28H22N2O6. The molecule has 0 bridgehead atoms. The van der Waals surface area contributed by atoms with Gasteiger partial charge in [0, 0.05) is 12.1 Å². The van der Waals surface area contributed by atoms with Crippen LogP contribution in [0.25, 0.3) is 22.6 Å². The number of fused-ring (bicyclic) bond motifs is 2. The van der Waals surface area contributed by atoms with Gasteiger partial charge >= 0.3 is 11.9 Å². The van der Waals surface area contributed by atoms with Gasteiger partial charge in [0.2, 0.25) is 0 Å². The Hall–Kier alpha value is -4.72. The van der Waals surface area contributed by atoms with Crippen LogP contribution in [0.2, 0.25) is 0 Å². The quantitative estimate of drug-likeness (QED) is 0.406. The SMILES string of the molecule is COC(=O)c1ccc(COc2ccccc2/C=C2\CCn3c2nc2cc(C(=O)O)ccc2c3=O)cc1. The molecule has 1 aliphatic rings. The molecule has 3 aromatic carbocycles. The number of benzene rings is 3. The third kappa shape index (κ3) is 4.36. The van der Waals surface area contributed by atoms with Crippen molar-refractivity contribution < 1.29 is 24.2 Å². The lowest BCUT2D eigenvalue weighted by Gasteiger charge is -2.11. The molecule has 4 aromatic rings. The van der Waals surface area contributed by atoms with Gasteiger partial charge in [0.15, 0.2) is 0 Å². The average molecular weight is 482 g/mol. The maximum absolute atomic E-state index is 13.0. The van der Waals surface area contributed by atoms with E-state index < -0.39 is 11.9 Å². The van der Waals surface area contributed by atoms with E-state index in [9.17, 15) is 19.5 Å². The number of carbonyl (C=O) groups is 2. The van der Waals surface area contributed by atoms with Gasteiger partial charge in [-0.2, -0.15) is 0 Å². The van der Waals surface area contributed by atoms with E-state index in [0.29, 0.717) is 47.6 Å². The number of esters is 1. The van der Waals surface area contributed by atoms with Crippen molar-refractivity contribution in [2.45, 2.75) is 19.6 Å². The summed E-state index contributed by atoms with van der Waals surface area (Å²) in [5, 5.41) is 9.70. The molecular weight excluding hydrogens is 460 g/mol. The van der Waals surface area contributed by atoms with Gasteiger partial charge in [-0.05, 0) is 60.0 Å². The number of nitrogens with zero attached hydrogens (tertiary/aromatic N) is 2. The minimum atomic E-state index is -1.07. The Morgan fingerprint density at radius 2 is 1.81 bits per heavy atom. The van der Waals surface area contributed by atoms with Gasteiger partial charge in [-0.15, -0.1) is 0 Å². The fraction of sp³-hybridized carbons (Fsp3) is 0.143. The van der Waals surface area contributed by atoms with Gasteiger partial charge in [0.05, 0.1) is 29.1 Å². The van der Waals surface area contributed by atoms with Crippen molar-refractivity contribution in [2.75, 3.05) is 7.11 Å². The number of carbonyl (C=O) groups excluding carboxylic acids is 1. The van der Waals surface area contributed by atoms with Crippen LogP contribution in [-0.2, 0) is 17.9 Å². The molecule has 0 amide bonds. The van der Waals surface area contributed by atoms with Gasteiger partial charge in [0.25, 0.3) is 5.56 Å². The number of allylic oxidation sites excluding steroid dienone is 1. The predicted octanol–water partition coefficient (Wildman–Crippen LogP) is 4.40. The molecule has 5 rings (SSSR count). The number of rotatable bonds is 6. The number of hydrogen-bond acceptors (Lipinski definition) is 6. The Labute approximate surface area is 206 Å². The fourth-order valence-electron chi connectivity index (χ4n) is 4.22. The van der Waals surface area contributed by atoms with Crippen molar-refractivity contribution in [1.82, 2.24) is 9.55 Å². The molecule has 0 saturated carbocycles. The lowest BCUT2D eigenvalue weighted by atomic mass is 10.1. The van der Waals surface area contributed by atoms with Crippen LogP contribution in [0.3, 0.4) is 0 Å². The Morgan fingerprint density at radius 1 is 1.06 bits per heavy atom. The first kappa shape index (κ1) is 23.0. The van der Waals surface area contributed by atoms with Crippen LogP contribution in [0.5, 0.6) is 5.75 Å². The molecule has 0 radical (unpaired) electrons. The normalized spacial score (nSPS) is 13.5. The molecule has 0 spiro atoms. The molecule has 180 valence electrons. The molecule has 1 N–H and O–H groups in total. The van der Waals surface area contributed by atoms with E-state index in [1.165, 1.54) is 25.3 Å². The third-order valence-electron chi connectivity index (χ3n) is 6.11. The zero-order chi connectivity index (χ0) is 25.2. The highest BCUT2D eigenvalue weighted by molar-refractivity contribution is 5.93. The summed E-state index contributed by atoms with van der Waals surface area (Å²) in [7, 11) is 1.34. The first-order valence-corrected chi connectivity index (χ1v) is 11.3. The Kier molecular flexibility index (Phi) is 6.08. The molecule has 8 nitrogen and oxygen atoms in total. The first-order chi connectivity index (χ1) is 17.4. The van der Waals surface area contributed by atoms with Crippen LogP contribution >= 0.6 is 0 Å². The Bertz CT molecular complexity index is 1580. The summed E-state index contributed by atoms with van der Waals surface area (Å²) < 4.78 is 12.4. The number of ether oxygens (including phenoxy) is 2. The van der Waals surface area contributed by atoms with E-state index in [1.807, 2.05) is 42.5 Å². The highest BCUT2D eigenvalue weighted by Gasteiger charge is 2.22. The number of carboxylic acids is 1. The monoisotopic (exact) mass is 482 g/mol. The van der Waals surface area contributed by atoms with Gasteiger partial charge in [-0.3, -0.25) is 9.36 Å². The second kappa shape index (κ2) is 9.50. The maximum atomic E-state index is 13.0. The largest absolute Gasteiger partial charge is 0.488 e. The standard InChI is InChI=1S/C28H22N2O6/c1-35-28(34)18-8-6-17(7-9-18)16-36-24-5-3-2-4-19(24)14-20-12-13-30-25(20)29-23-15-21(27(32)33)10-11-22(23)26(30)31/h2-11,14-15H,12-13,16H2,1H3,(H,32,33)/b20-14+. The molecule has 0 aliphatic carbocycles. The predicted molar refractivity (Wildman–Crippen MR) is 134 cm³/mol. The van der Waals surface area contributed by atoms with Crippen molar-refractivity contribution in [3.05, 3.63) is 105 Å². The molecule has 8 heteroatoms. The molecule has 0 saturated heterocycles. The number of hydrogen-bond donors (Lipinski definition) is 1. The number of methoxy groups -OCH3 is 1. The number of para-hydroxylation sites is 1. The molecule has 36 heavy (non-hydrogen) atoms. The van der Waals surface area contributed by atoms with Crippen LogP contribution in [0.4, 0.5) is 0 Å². The van der Waals surface area contributed by atoms with E-state index in [0.717, 1.165) is 16.7 Å². The summed E-state index contributed by atoms with van der Waals surface area (Å²) >= 11 is 0. The highest BCUT2D eigenvalue weighted by atomic mass is 16.5. The van der Waals surface area contributed by atoms with Crippen LogP contribution in [-0.4, -0.2) is 33.7 Å². The number of aromatic carboxylic acids is 1. The minimum absolute atomic E-state index is 0.0845. The zero-order valence-corrected chi connectivity index (χ0v) is 19.4. The molecule has 1 aromatic heterocycles. The van der Waals surface area contributed by atoms with E-state index in [1.54, 1.807) is 16.7 Å². The van der Waals surface area contributed by atoms with Crippen molar-refractivity contribution in [1.29, 1.82) is 0 Å². The van der Waals surface area contributed by atoms with Crippen molar-refractivity contribution in [2.24, 2.45) is 0 Å². The lowest BCUT2D eigenvalue weighted by molar-refractivity contribution is 0.0599. The van der Waals surface area contributed by atoms with Crippen molar-refractivity contribution >= 4 is 34.5 Å². The first-order valence-electron chi connectivity index (χ1n) is 11.3. The van der Waals surface area contributed by atoms with Crippen LogP contribution in [0.1, 0.15) is 44.1 Å². The van der Waals surface area contributed by atoms with E-state index in [-0.39, 0.29) is 11.1 Å². The van der Waals surface area contributed by atoms with Crippen LogP contribution in [0, 0.1) is 0 Å². The second-order valence-electron chi connectivity index (χ2n) is 8.36. The molecule has 0 fully saturated rings. The van der Waals surface area contributed by atoms with Crippen molar-refractivity contribution in [3.8, 4) is 5.75 Å². The maximum Gasteiger partial charge on any atom is 0.337 e. The van der Waals surface area contributed by atoms with Gasteiger partial charge in [0.1, 0.15) is 18.2 Å². The summed E-state index contributed by atoms with van der Waals surface area (Å²) in [5.41, 5.74) is 3.33. The summed E-state index contributed by atoms with van der Waals surface area (Å²) in [5.74, 6) is -0.267. The average Bonchev–Trinajstić information content (AvgIpc) is 3.30. The summed E-state index contributed by atoms with van der Waals surface area (Å²) in [6.45, 7) is 0.803. The highest BCUT2D eigenvalue weighted by Crippen LogP contribution is 2.31. The molecule has 1 aliphatic heterocycles. The topological polar surface area (TPSA) is 108 Å². The smallest absolute Gasteiger partial charge is 0.337 e. The third-order valence-corrected chi connectivity index (χ3v) is 6.11. The molecule has 2 heterocycles. The molecule has 0 unspecified atom stereocenters. The fourth-order valence-corrected chi connectivity index (χ4v) is 4.22.